The van der Waals surface area contributed by atoms with Crippen LogP contribution in [0.4, 0.5) is 0 Å². The maximum atomic E-state index is 12.5. The number of carbonyl (C=O) groups is 1. The first-order valence-corrected chi connectivity index (χ1v) is 31.5. The van der Waals surface area contributed by atoms with Gasteiger partial charge in [-0.3, -0.25) is 4.79 Å². The number of rotatable bonds is 58. The number of amides is 1. The Kier molecular flexibility index (Phi) is 59.7. The van der Waals surface area contributed by atoms with Crippen LogP contribution in [-0.2, 0) is 4.79 Å². The molecule has 0 saturated heterocycles. The number of aliphatic hydroxyl groups is 2. The minimum Gasteiger partial charge on any atom is -0.394 e. The van der Waals surface area contributed by atoms with Gasteiger partial charge in [0.15, 0.2) is 0 Å². The standard InChI is InChI=1S/C66H123NO3/c1-3-5-7-9-11-13-15-17-19-21-22-23-24-25-26-27-28-29-30-31-32-33-34-35-36-37-38-39-40-41-42-43-44-46-48-50-52-54-56-58-60-62-66(70)67-64(63-68)65(69)61-59-57-55-53-51-49-47-45-20-18-16-14-12-10-8-6-4-2/h15,17,21-22,24-25,51,53,59,61,64-65,68-69H,3-14,16,18-20,23,26-50,52,54-58,60,62-63H2,1-2H3,(H,67,70)/b17-15-,22-21-,25-24-,53-51+,61-59+. The van der Waals surface area contributed by atoms with Crippen molar-refractivity contribution < 1.29 is 15.0 Å². The van der Waals surface area contributed by atoms with Gasteiger partial charge in [0.1, 0.15) is 0 Å². The lowest BCUT2D eigenvalue weighted by Gasteiger charge is -2.19. The molecule has 0 aliphatic carbocycles. The predicted molar refractivity (Wildman–Crippen MR) is 313 cm³/mol. The second-order valence-electron chi connectivity index (χ2n) is 21.5. The lowest BCUT2D eigenvalue weighted by molar-refractivity contribution is -0.123. The van der Waals surface area contributed by atoms with E-state index in [4.69, 9.17) is 0 Å². The monoisotopic (exact) mass is 978 g/mol. The van der Waals surface area contributed by atoms with E-state index < -0.39 is 12.1 Å². The number of carbonyl (C=O) groups excluding carboxylic acids is 1. The van der Waals surface area contributed by atoms with E-state index in [0.29, 0.717) is 6.42 Å². The summed E-state index contributed by atoms with van der Waals surface area (Å²) in [5.41, 5.74) is 0. The van der Waals surface area contributed by atoms with E-state index >= 15 is 0 Å². The van der Waals surface area contributed by atoms with Gasteiger partial charge in [0, 0.05) is 6.42 Å². The van der Waals surface area contributed by atoms with Crippen LogP contribution < -0.4 is 5.32 Å². The minimum atomic E-state index is -0.862. The number of hydrogen-bond donors (Lipinski definition) is 3. The number of aliphatic hydroxyl groups excluding tert-OH is 2. The smallest absolute Gasteiger partial charge is 0.220 e. The Morgan fingerprint density at radius 1 is 0.343 bits per heavy atom. The van der Waals surface area contributed by atoms with Crippen molar-refractivity contribution in [3.05, 3.63) is 60.8 Å². The normalized spacial score (nSPS) is 13.1. The van der Waals surface area contributed by atoms with Gasteiger partial charge in [-0.25, -0.2) is 0 Å². The molecule has 0 radical (unpaired) electrons. The molecule has 0 aromatic rings. The molecule has 0 spiro atoms. The van der Waals surface area contributed by atoms with Gasteiger partial charge in [-0.1, -0.05) is 319 Å². The molecule has 70 heavy (non-hydrogen) atoms. The third-order valence-corrected chi connectivity index (χ3v) is 14.5. The molecule has 410 valence electrons. The van der Waals surface area contributed by atoms with Crippen molar-refractivity contribution in [2.24, 2.45) is 0 Å². The molecule has 2 atom stereocenters. The van der Waals surface area contributed by atoms with Crippen molar-refractivity contribution in [1.82, 2.24) is 5.32 Å². The van der Waals surface area contributed by atoms with Gasteiger partial charge in [0.2, 0.25) is 5.91 Å². The Hall–Kier alpha value is -1.91. The molecule has 0 aliphatic rings. The van der Waals surface area contributed by atoms with E-state index in [1.54, 1.807) is 6.08 Å². The Bertz CT molecular complexity index is 1150. The fourth-order valence-corrected chi connectivity index (χ4v) is 9.68. The van der Waals surface area contributed by atoms with Crippen molar-refractivity contribution in [2.75, 3.05) is 6.61 Å². The molecule has 0 rings (SSSR count). The lowest BCUT2D eigenvalue weighted by Crippen LogP contribution is -2.45. The molecule has 0 bridgehead atoms. The van der Waals surface area contributed by atoms with Gasteiger partial charge in [0.25, 0.3) is 0 Å². The van der Waals surface area contributed by atoms with Crippen LogP contribution in [0.1, 0.15) is 335 Å². The number of allylic oxidation sites excluding steroid dienone is 9. The van der Waals surface area contributed by atoms with Crippen LogP contribution in [0.3, 0.4) is 0 Å². The second-order valence-corrected chi connectivity index (χ2v) is 21.5. The molecule has 3 N–H and O–H groups in total. The maximum absolute atomic E-state index is 12.5. The van der Waals surface area contributed by atoms with Crippen LogP contribution in [0.25, 0.3) is 0 Å². The molecule has 0 aliphatic heterocycles. The lowest BCUT2D eigenvalue weighted by atomic mass is 10.0. The summed E-state index contributed by atoms with van der Waals surface area (Å²) in [5, 5.41) is 23.1. The third-order valence-electron chi connectivity index (χ3n) is 14.5. The van der Waals surface area contributed by atoms with Gasteiger partial charge >= 0.3 is 0 Å². The first-order valence-electron chi connectivity index (χ1n) is 31.5. The summed E-state index contributed by atoms with van der Waals surface area (Å²) in [4.78, 5) is 12.5. The summed E-state index contributed by atoms with van der Waals surface area (Å²) in [6.07, 6.45) is 87.1. The SMILES string of the molecule is CCCCCCC/C=C\C/C=C\C/C=C\CCCCCCCCCCCCCCCCCCCCCCCCCCCCC(=O)NC(CO)C(O)/C=C/CC/C=C/CCCCCCCCCCCCC. The molecule has 1 amide bonds. The second kappa shape index (κ2) is 61.4. The fraction of sp³-hybridized carbons (Fsp3) is 0.833. The van der Waals surface area contributed by atoms with E-state index in [0.717, 1.165) is 44.9 Å². The van der Waals surface area contributed by atoms with Gasteiger partial charge in [0.05, 0.1) is 18.8 Å². The van der Waals surface area contributed by atoms with E-state index in [-0.39, 0.29) is 12.5 Å². The highest BCUT2D eigenvalue weighted by Crippen LogP contribution is 2.18. The molecule has 0 saturated carbocycles. The predicted octanol–water partition coefficient (Wildman–Crippen LogP) is 21.2. The molecule has 0 heterocycles. The fourth-order valence-electron chi connectivity index (χ4n) is 9.68. The molecular formula is C66H123NO3. The quantitative estimate of drug-likeness (QED) is 0.0420. The first-order chi connectivity index (χ1) is 34.7. The number of hydrogen-bond acceptors (Lipinski definition) is 3. The van der Waals surface area contributed by atoms with Crippen molar-refractivity contribution in [3.8, 4) is 0 Å². The number of nitrogens with one attached hydrogen (secondary N) is 1. The molecule has 0 aromatic heterocycles. The van der Waals surface area contributed by atoms with Gasteiger partial charge < -0.3 is 15.5 Å². The van der Waals surface area contributed by atoms with Crippen molar-refractivity contribution in [1.29, 1.82) is 0 Å². The Morgan fingerprint density at radius 2 is 0.600 bits per heavy atom. The van der Waals surface area contributed by atoms with Gasteiger partial charge in [-0.2, -0.15) is 0 Å². The van der Waals surface area contributed by atoms with E-state index in [9.17, 15) is 15.0 Å². The summed E-state index contributed by atoms with van der Waals surface area (Å²) < 4.78 is 0. The van der Waals surface area contributed by atoms with Crippen LogP contribution in [0, 0.1) is 0 Å². The Balaban J connectivity index is 3.42. The van der Waals surface area contributed by atoms with Crippen LogP contribution in [0.15, 0.2) is 60.8 Å². The summed E-state index contributed by atoms with van der Waals surface area (Å²) >= 11 is 0. The zero-order valence-corrected chi connectivity index (χ0v) is 47.3. The highest BCUT2D eigenvalue weighted by Gasteiger charge is 2.18. The summed E-state index contributed by atoms with van der Waals surface area (Å²) in [5.74, 6) is -0.0688. The van der Waals surface area contributed by atoms with E-state index in [2.05, 4.69) is 67.8 Å². The zero-order chi connectivity index (χ0) is 50.6. The zero-order valence-electron chi connectivity index (χ0n) is 47.3. The first kappa shape index (κ1) is 68.1. The highest BCUT2D eigenvalue weighted by molar-refractivity contribution is 5.76. The third kappa shape index (κ3) is 57.0. The molecule has 4 nitrogen and oxygen atoms in total. The average Bonchev–Trinajstić information content (AvgIpc) is 3.36. The van der Waals surface area contributed by atoms with Gasteiger partial charge in [-0.05, 0) is 70.6 Å². The Morgan fingerprint density at radius 3 is 0.929 bits per heavy atom. The molecule has 0 aromatic carbocycles. The highest BCUT2D eigenvalue weighted by atomic mass is 16.3. The van der Waals surface area contributed by atoms with Gasteiger partial charge in [-0.15, -0.1) is 0 Å². The largest absolute Gasteiger partial charge is 0.394 e. The number of unbranched alkanes of at least 4 members (excludes halogenated alkanes) is 43. The van der Waals surface area contributed by atoms with Crippen molar-refractivity contribution in [2.45, 2.75) is 347 Å². The molecule has 4 heteroatoms. The molecular weight excluding hydrogens is 855 g/mol. The Labute approximate surface area is 438 Å². The van der Waals surface area contributed by atoms with Crippen molar-refractivity contribution >= 4 is 5.91 Å². The summed E-state index contributed by atoms with van der Waals surface area (Å²) in [7, 11) is 0. The minimum absolute atomic E-state index is 0.0688. The molecule has 0 fully saturated rings. The average molecular weight is 979 g/mol. The van der Waals surface area contributed by atoms with Crippen LogP contribution in [0.5, 0.6) is 0 Å². The van der Waals surface area contributed by atoms with E-state index in [1.807, 2.05) is 6.08 Å². The summed E-state index contributed by atoms with van der Waals surface area (Å²) in [6.45, 7) is 4.31. The van der Waals surface area contributed by atoms with Crippen molar-refractivity contribution in [3.63, 3.8) is 0 Å². The van der Waals surface area contributed by atoms with Crippen LogP contribution in [0.2, 0.25) is 0 Å². The topological polar surface area (TPSA) is 69.6 Å². The molecule has 2 unspecified atom stereocenters. The maximum Gasteiger partial charge on any atom is 0.220 e. The van der Waals surface area contributed by atoms with E-state index in [1.165, 1.54) is 270 Å². The van der Waals surface area contributed by atoms with Crippen LogP contribution in [-0.4, -0.2) is 34.9 Å². The summed E-state index contributed by atoms with van der Waals surface area (Å²) in [6, 6.07) is -0.639. The van der Waals surface area contributed by atoms with Crippen LogP contribution >= 0.6 is 0 Å².